The van der Waals surface area contributed by atoms with E-state index in [1.165, 1.54) is 14.2 Å². The van der Waals surface area contributed by atoms with E-state index in [1.807, 2.05) is 0 Å². The number of amides is 2. The number of rotatable bonds is 2. The fourth-order valence-electron chi connectivity index (χ4n) is 3.10. The number of carbonyl (C=O) groups is 4. The Balaban J connectivity index is 2.56. The van der Waals surface area contributed by atoms with Gasteiger partial charge in [0.1, 0.15) is 0 Å². The summed E-state index contributed by atoms with van der Waals surface area (Å²) in [4.78, 5) is 48.7. The molecule has 10 heteroatoms. The van der Waals surface area contributed by atoms with Crippen LogP contribution in [0.5, 0.6) is 0 Å². The van der Waals surface area contributed by atoms with Gasteiger partial charge in [0.05, 0.1) is 52.4 Å². The molecule has 10 nitrogen and oxygen atoms in total. The maximum absolute atomic E-state index is 12.2. The molecule has 0 aromatic carbocycles. The van der Waals surface area contributed by atoms with E-state index in [4.69, 9.17) is 9.47 Å². The molecule has 0 saturated carbocycles. The summed E-state index contributed by atoms with van der Waals surface area (Å²) in [5.41, 5.74) is 0. The van der Waals surface area contributed by atoms with Gasteiger partial charge in [-0.25, -0.2) is 19.6 Å². The first-order chi connectivity index (χ1) is 11.4. The average Bonchev–Trinajstić information content (AvgIpc) is 2.64. The predicted octanol–water partition coefficient (Wildman–Crippen LogP) is -0.0628. The SMILES string of the molecule is COC(=O)C1C(C(=O)OC)C2C=CC1N(C(=O)OC)N2C(=O)OC. The molecule has 4 unspecified atom stereocenters. The van der Waals surface area contributed by atoms with Gasteiger partial charge in [0.2, 0.25) is 0 Å². The summed E-state index contributed by atoms with van der Waals surface area (Å²) >= 11 is 0. The second-order valence-corrected chi connectivity index (χ2v) is 5.09. The van der Waals surface area contributed by atoms with Crippen molar-refractivity contribution in [1.82, 2.24) is 10.0 Å². The smallest absolute Gasteiger partial charge is 0.429 e. The molecule has 3 aliphatic rings. The zero-order valence-electron chi connectivity index (χ0n) is 13.6. The topological polar surface area (TPSA) is 112 Å². The quantitative estimate of drug-likeness (QED) is 0.390. The van der Waals surface area contributed by atoms with Crippen LogP contribution in [-0.4, -0.2) is 74.7 Å². The van der Waals surface area contributed by atoms with Gasteiger partial charge in [0, 0.05) is 0 Å². The molecule has 0 spiro atoms. The lowest BCUT2D eigenvalue weighted by Crippen LogP contribution is -2.71. The maximum Gasteiger partial charge on any atom is 0.429 e. The molecule has 0 aromatic rings. The van der Waals surface area contributed by atoms with Crippen LogP contribution >= 0.6 is 0 Å². The zero-order chi connectivity index (χ0) is 18.0. The Hall–Kier alpha value is -2.78. The molecule has 2 amide bonds. The van der Waals surface area contributed by atoms with Crippen molar-refractivity contribution in [3.05, 3.63) is 12.2 Å². The Kier molecular flexibility index (Phi) is 4.96. The van der Waals surface area contributed by atoms with Crippen molar-refractivity contribution < 1.29 is 38.1 Å². The Morgan fingerprint density at radius 1 is 0.667 bits per heavy atom. The summed E-state index contributed by atoms with van der Waals surface area (Å²) in [6, 6.07) is -1.92. The third-order valence-electron chi connectivity index (χ3n) is 4.10. The molecule has 0 aromatic heterocycles. The molecule has 0 radical (unpaired) electrons. The van der Waals surface area contributed by atoms with Crippen LogP contribution in [0.2, 0.25) is 0 Å². The highest BCUT2D eigenvalue weighted by Gasteiger charge is 2.59. The molecular formula is C14H18N2O8. The third-order valence-corrected chi connectivity index (χ3v) is 4.10. The number of esters is 2. The lowest BCUT2D eigenvalue weighted by atomic mass is 9.74. The van der Waals surface area contributed by atoms with Crippen molar-refractivity contribution in [3.63, 3.8) is 0 Å². The Morgan fingerprint density at radius 3 is 1.25 bits per heavy atom. The number of hydrogen-bond donors (Lipinski definition) is 0. The molecule has 24 heavy (non-hydrogen) atoms. The number of nitrogens with zero attached hydrogens (tertiary/aromatic N) is 2. The minimum Gasteiger partial charge on any atom is -0.469 e. The molecule has 2 aliphatic heterocycles. The van der Waals surface area contributed by atoms with Crippen molar-refractivity contribution in [2.75, 3.05) is 28.4 Å². The summed E-state index contributed by atoms with van der Waals surface area (Å²) in [5, 5.41) is 1.88. The van der Waals surface area contributed by atoms with Crippen molar-refractivity contribution in [2.45, 2.75) is 12.1 Å². The lowest BCUT2D eigenvalue weighted by Gasteiger charge is -2.53. The van der Waals surface area contributed by atoms with Gasteiger partial charge in [0.25, 0.3) is 0 Å². The van der Waals surface area contributed by atoms with Crippen LogP contribution in [0.1, 0.15) is 0 Å². The van der Waals surface area contributed by atoms with Gasteiger partial charge in [-0.1, -0.05) is 12.2 Å². The predicted molar refractivity (Wildman–Crippen MR) is 76.2 cm³/mol. The van der Waals surface area contributed by atoms with Crippen molar-refractivity contribution in [1.29, 1.82) is 0 Å². The van der Waals surface area contributed by atoms with Gasteiger partial charge < -0.3 is 18.9 Å². The normalized spacial score (nSPS) is 27.5. The summed E-state index contributed by atoms with van der Waals surface area (Å²) in [7, 11) is 4.61. The monoisotopic (exact) mass is 342 g/mol. The van der Waals surface area contributed by atoms with E-state index in [2.05, 4.69) is 9.47 Å². The van der Waals surface area contributed by atoms with Crippen LogP contribution in [0.25, 0.3) is 0 Å². The van der Waals surface area contributed by atoms with Crippen molar-refractivity contribution in [2.24, 2.45) is 11.8 Å². The number of hydrazine groups is 1. The number of ether oxygens (including phenoxy) is 4. The van der Waals surface area contributed by atoms with Crippen LogP contribution in [0.4, 0.5) is 9.59 Å². The van der Waals surface area contributed by atoms with E-state index in [0.717, 1.165) is 24.2 Å². The fraction of sp³-hybridized carbons (Fsp3) is 0.571. The Bertz CT molecular complexity index is 495. The number of hydrogen-bond acceptors (Lipinski definition) is 8. The second-order valence-electron chi connectivity index (χ2n) is 5.09. The summed E-state index contributed by atoms with van der Waals surface area (Å²) in [6.07, 6.45) is 1.33. The maximum atomic E-state index is 12.2. The number of carbonyl (C=O) groups excluding carboxylic acids is 4. The van der Waals surface area contributed by atoms with Crippen molar-refractivity contribution >= 4 is 24.1 Å². The van der Waals surface area contributed by atoms with Gasteiger partial charge in [0.15, 0.2) is 0 Å². The van der Waals surface area contributed by atoms with Gasteiger partial charge in [-0.3, -0.25) is 9.59 Å². The molecule has 1 fully saturated rings. The highest BCUT2D eigenvalue weighted by Crippen LogP contribution is 2.41. The first kappa shape index (κ1) is 17.6. The van der Waals surface area contributed by atoms with Gasteiger partial charge in [-0.15, -0.1) is 0 Å². The van der Waals surface area contributed by atoms with E-state index in [0.29, 0.717) is 0 Å². The third kappa shape index (κ3) is 2.53. The summed E-state index contributed by atoms with van der Waals surface area (Å²) < 4.78 is 18.9. The Morgan fingerprint density at radius 2 is 1.00 bits per heavy atom. The highest BCUT2D eigenvalue weighted by atomic mass is 16.6. The minimum atomic E-state index is -1.04. The average molecular weight is 342 g/mol. The highest BCUT2D eigenvalue weighted by molar-refractivity contribution is 5.87. The van der Waals surface area contributed by atoms with Crippen LogP contribution < -0.4 is 0 Å². The molecule has 0 N–H and O–H groups in total. The summed E-state index contributed by atoms with van der Waals surface area (Å²) in [5.74, 6) is -3.50. The van der Waals surface area contributed by atoms with E-state index < -0.39 is 48.0 Å². The molecule has 4 atom stereocenters. The molecular weight excluding hydrogens is 324 g/mol. The van der Waals surface area contributed by atoms with Gasteiger partial charge in [-0.2, -0.15) is 0 Å². The number of fused-ring (bicyclic) bond motifs is 2. The molecule has 1 saturated heterocycles. The minimum absolute atomic E-state index is 0.705. The van der Waals surface area contributed by atoms with Gasteiger partial charge >= 0.3 is 24.1 Å². The molecule has 132 valence electrons. The lowest BCUT2D eigenvalue weighted by molar-refractivity contribution is -0.180. The zero-order valence-corrected chi connectivity index (χ0v) is 13.6. The van der Waals surface area contributed by atoms with Gasteiger partial charge in [-0.05, 0) is 0 Å². The van der Waals surface area contributed by atoms with Crippen LogP contribution in [0.15, 0.2) is 12.2 Å². The fourth-order valence-corrected chi connectivity index (χ4v) is 3.10. The van der Waals surface area contributed by atoms with E-state index >= 15 is 0 Å². The molecule has 2 heterocycles. The van der Waals surface area contributed by atoms with Crippen LogP contribution in [-0.2, 0) is 28.5 Å². The second kappa shape index (κ2) is 6.77. The largest absolute Gasteiger partial charge is 0.469 e. The molecule has 2 bridgehead atoms. The Labute approximate surface area is 137 Å². The molecule has 1 aliphatic carbocycles. The van der Waals surface area contributed by atoms with Crippen LogP contribution in [0.3, 0.4) is 0 Å². The number of methoxy groups -OCH3 is 4. The molecule has 3 rings (SSSR count). The van der Waals surface area contributed by atoms with Crippen molar-refractivity contribution in [3.8, 4) is 0 Å². The van der Waals surface area contributed by atoms with E-state index in [1.54, 1.807) is 12.2 Å². The summed E-state index contributed by atoms with van der Waals surface area (Å²) in [6.45, 7) is 0. The van der Waals surface area contributed by atoms with Crippen LogP contribution in [0, 0.1) is 11.8 Å². The first-order valence-electron chi connectivity index (χ1n) is 7.01. The van der Waals surface area contributed by atoms with E-state index in [9.17, 15) is 19.2 Å². The first-order valence-corrected chi connectivity index (χ1v) is 7.01. The standard InChI is InChI=1S/C14H18N2O8/c1-21-11(17)9-7-5-6-8(10(9)12(18)22-2)16(14(20)24-4)15(7)13(19)23-3/h5-10H,1-4H3. The van der Waals surface area contributed by atoms with E-state index in [-0.39, 0.29) is 0 Å².